The SMILES string of the molecule is CC(C)OC(=O)c1c(NC(=O)CSc2nc3cc(Cl)ccc3s2)sc2c1CCCC2. The molecule has 0 unspecified atom stereocenters. The summed E-state index contributed by atoms with van der Waals surface area (Å²) in [5.74, 6) is -0.292. The second-order valence-corrected chi connectivity index (χ2v) is 11.1. The maximum absolute atomic E-state index is 12.7. The zero-order chi connectivity index (χ0) is 21.3. The molecule has 2 heterocycles. The molecule has 1 amide bonds. The molecule has 4 rings (SSSR count). The smallest absolute Gasteiger partial charge is 0.341 e. The maximum atomic E-state index is 12.7. The molecule has 0 saturated heterocycles. The summed E-state index contributed by atoms with van der Waals surface area (Å²) in [5.41, 5.74) is 2.42. The lowest BCUT2D eigenvalue weighted by molar-refractivity contribution is -0.113. The van der Waals surface area contributed by atoms with Crippen molar-refractivity contribution in [1.29, 1.82) is 0 Å². The van der Waals surface area contributed by atoms with Crippen LogP contribution in [0.2, 0.25) is 5.02 Å². The number of nitrogens with zero attached hydrogens (tertiary/aromatic N) is 1. The summed E-state index contributed by atoms with van der Waals surface area (Å²) in [7, 11) is 0. The average molecular weight is 481 g/mol. The van der Waals surface area contributed by atoms with Crippen molar-refractivity contribution in [2.75, 3.05) is 11.1 Å². The molecular formula is C21H21ClN2O3S3. The van der Waals surface area contributed by atoms with Crippen molar-refractivity contribution in [2.45, 2.75) is 50.0 Å². The van der Waals surface area contributed by atoms with Gasteiger partial charge in [-0.3, -0.25) is 4.79 Å². The Morgan fingerprint density at radius 1 is 1.27 bits per heavy atom. The number of esters is 1. The van der Waals surface area contributed by atoms with E-state index in [0.29, 0.717) is 15.6 Å². The number of carbonyl (C=O) groups excluding carboxylic acids is 2. The molecule has 0 bridgehead atoms. The molecule has 0 atom stereocenters. The molecule has 9 heteroatoms. The van der Waals surface area contributed by atoms with Gasteiger partial charge in [-0.15, -0.1) is 22.7 Å². The molecule has 1 aliphatic carbocycles. The van der Waals surface area contributed by atoms with Crippen LogP contribution in [0.25, 0.3) is 10.2 Å². The summed E-state index contributed by atoms with van der Waals surface area (Å²) in [5, 5.41) is 4.20. The van der Waals surface area contributed by atoms with E-state index >= 15 is 0 Å². The van der Waals surface area contributed by atoms with Crippen LogP contribution in [0.5, 0.6) is 0 Å². The third-order valence-electron chi connectivity index (χ3n) is 4.63. The molecule has 1 aromatic carbocycles. The van der Waals surface area contributed by atoms with Crippen molar-refractivity contribution in [2.24, 2.45) is 0 Å². The Bertz CT molecular complexity index is 1110. The van der Waals surface area contributed by atoms with Gasteiger partial charge >= 0.3 is 5.97 Å². The number of benzene rings is 1. The maximum Gasteiger partial charge on any atom is 0.341 e. The van der Waals surface area contributed by atoms with Crippen LogP contribution in [0.1, 0.15) is 47.5 Å². The first-order valence-electron chi connectivity index (χ1n) is 9.75. The first-order chi connectivity index (χ1) is 14.4. The third-order valence-corrected chi connectivity index (χ3v) is 8.25. The summed E-state index contributed by atoms with van der Waals surface area (Å²) in [4.78, 5) is 31.1. The van der Waals surface area contributed by atoms with Crippen molar-refractivity contribution in [3.05, 3.63) is 39.2 Å². The zero-order valence-electron chi connectivity index (χ0n) is 16.6. The van der Waals surface area contributed by atoms with Crippen LogP contribution < -0.4 is 5.32 Å². The van der Waals surface area contributed by atoms with Crippen molar-refractivity contribution < 1.29 is 14.3 Å². The van der Waals surface area contributed by atoms with Crippen molar-refractivity contribution in [3.63, 3.8) is 0 Å². The Hall–Kier alpha value is -1.61. The number of rotatable bonds is 6. The quantitative estimate of drug-likeness (QED) is 0.336. The molecule has 3 aromatic rings. The van der Waals surface area contributed by atoms with Gasteiger partial charge in [0, 0.05) is 9.90 Å². The van der Waals surface area contributed by atoms with E-state index in [9.17, 15) is 9.59 Å². The van der Waals surface area contributed by atoms with Crippen LogP contribution in [-0.2, 0) is 22.4 Å². The van der Waals surface area contributed by atoms with E-state index in [1.807, 2.05) is 32.0 Å². The second kappa shape index (κ2) is 9.26. The number of amides is 1. The molecule has 30 heavy (non-hydrogen) atoms. The lowest BCUT2D eigenvalue weighted by atomic mass is 9.95. The molecule has 1 N–H and O–H groups in total. The zero-order valence-corrected chi connectivity index (χ0v) is 19.8. The predicted octanol–water partition coefficient (Wildman–Crippen LogP) is 6.19. The summed E-state index contributed by atoms with van der Waals surface area (Å²) >= 11 is 10.4. The third kappa shape index (κ3) is 4.82. The molecule has 0 saturated carbocycles. The van der Waals surface area contributed by atoms with Gasteiger partial charge < -0.3 is 10.1 Å². The lowest BCUT2D eigenvalue weighted by Gasteiger charge is -2.14. The molecule has 158 valence electrons. The highest BCUT2D eigenvalue weighted by atomic mass is 35.5. The minimum Gasteiger partial charge on any atom is -0.459 e. The predicted molar refractivity (Wildman–Crippen MR) is 125 cm³/mol. The Balaban J connectivity index is 1.48. The van der Waals surface area contributed by atoms with Gasteiger partial charge in [-0.1, -0.05) is 23.4 Å². The molecule has 0 fully saturated rings. The Labute approximate surface area is 192 Å². The summed E-state index contributed by atoms with van der Waals surface area (Å²) in [6.45, 7) is 3.66. The fourth-order valence-corrected chi connectivity index (χ4v) is 6.68. The van der Waals surface area contributed by atoms with Crippen LogP contribution in [0.15, 0.2) is 22.5 Å². The van der Waals surface area contributed by atoms with Crippen LogP contribution in [-0.4, -0.2) is 28.7 Å². The second-order valence-electron chi connectivity index (χ2n) is 7.30. The summed E-state index contributed by atoms with van der Waals surface area (Å²) < 4.78 is 7.29. The lowest BCUT2D eigenvalue weighted by Crippen LogP contribution is -2.18. The van der Waals surface area contributed by atoms with E-state index in [0.717, 1.165) is 45.8 Å². The van der Waals surface area contributed by atoms with E-state index in [4.69, 9.17) is 16.3 Å². The summed E-state index contributed by atoms with van der Waals surface area (Å²) in [6, 6.07) is 5.59. The number of thioether (sulfide) groups is 1. The molecule has 0 spiro atoms. The number of fused-ring (bicyclic) bond motifs is 2. The molecule has 2 aromatic heterocycles. The van der Waals surface area contributed by atoms with E-state index in [2.05, 4.69) is 10.3 Å². The Morgan fingerprint density at radius 3 is 2.87 bits per heavy atom. The number of aryl methyl sites for hydroxylation is 1. The number of carbonyl (C=O) groups is 2. The number of hydrogen-bond acceptors (Lipinski definition) is 7. The van der Waals surface area contributed by atoms with E-state index in [1.54, 1.807) is 0 Å². The normalized spacial score (nSPS) is 13.5. The number of nitrogens with one attached hydrogen (secondary N) is 1. The number of aromatic nitrogens is 1. The van der Waals surface area contributed by atoms with Crippen LogP contribution in [0.4, 0.5) is 5.00 Å². The van der Waals surface area contributed by atoms with Gasteiger partial charge in [0.05, 0.1) is 27.6 Å². The number of halogens is 1. The number of anilines is 1. The number of hydrogen-bond donors (Lipinski definition) is 1. The largest absolute Gasteiger partial charge is 0.459 e. The van der Waals surface area contributed by atoms with Crippen LogP contribution in [0.3, 0.4) is 0 Å². The first kappa shape index (κ1) is 21.6. The van der Waals surface area contributed by atoms with Gasteiger partial charge in [0.25, 0.3) is 0 Å². The van der Waals surface area contributed by atoms with E-state index in [1.165, 1.54) is 39.3 Å². The number of thiazole rings is 1. The van der Waals surface area contributed by atoms with Gasteiger partial charge in [0.1, 0.15) is 5.00 Å². The molecule has 5 nitrogen and oxygen atoms in total. The molecule has 1 aliphatic rings. The highest BCUT2D eigenvalue weighted by Crippen LogP contribution is 2.39. The monoisotopic (exact) mass is 480 g/mol. The minimum atomic E-state index is -0.351. The molecule has 0 aliphatic heterocycles. The first-order valence-corrected chi connectivity index (χ1v) is 12.7. The molecule has 0 radical (unpaired) electrons. The minimum absolute atomic E-state index is 0.158. The van der Waals surface area contributed by atoms with Crippen molar-refractivity contribution >= 4 is 73.1 Å². The van der Waals surface area contributed by atoms with Crippen molar-refractivity contribution in [1.82, 2.24) is 4.98 Å². The number of ether oxygens (including phenoxy) is 1. The van der Waals surface area contributed by atoms with E-state index in [-0.39, 0.29) is 23.7 Å². The van der Waals surface area contributed by atoms with Gasteiger partial charge in [-0.05, 0) is 63.3 Å². The fourth-order valence-electron chi connectivity index (χ4n) is 3.37. The fraction of sp³-hybridized carbons (Fsp3) is 0.381. The van der Waals surface area contributed by atoms with E-state index < -0.39 is 0 Å². The van der Waals surface area contributed by atoms with Gasteiger partial charge in [-0.2, -0.15) is 0 Å². The Kier molecular flexibility index (Phi) is 6.67. The number of thiophene rings is 1. The Morgan fingerprint density at radius 2 is 2.07 bits per heavy atom. The van der Waals surface area contributed by atoms with Gasteiger partial charge in [0.15, 0.2) is 4.34 Å². The highest BCUT2D eigenvalue weighted by molar-refractivity contribution is 8.01. The average Bonchev–Trinajstić information content (AvgIpc) is 3.25. The van der Waals surface area contributed by atoms with Crippen molar-refractivity contribution in [3.8, 4) is 0 Å². The van der Waals surface area contributed by atoms with Gasteiger partial charge in [0.2, 0.25) is 5.91 Å². The topological polar surface area (TPSA) is 68.3 Å². The van der Waals surface area contributed by atoms with Crippen LogP contribution >= 0.6 is 46.0 Å². The standard InChI is InChI=1S/C21H21ClN2O3S3/c1-11(2)27-20(26)18-13-5-3-4-6-15(13)29-19(18)24-17(25)10-28-21-23-14-9-12(22)7-8-16(14)30-21/h7-9,11H,3-6,10H2,1-2H3,(H,24,25). The molecular weight excluding hydrogens is 460 g/mol. The van der Waals surface area contributed by atoms with Gasteiger partial charge in [-0.25, -0.2) is 9.78 Å². The van der Waals surface area contributed by atoms with Crippen LogP contribution in [0, 0.1) is 0 Å². The summed E-state index contributed by atoms with van der Waals surface area (Å²) in [6.07, 6.45) is 3.75. The highest BCUT2D eigenvalue weighted by Gasteiger charge is 2.27.